The second-order valence-electron chi connectivity index (χ2n) is 5.99. The van der Waals surface area contributed by atoms with E-state index in [9.17, 15) is 18.7 Å². The zero-order valence-corrected chi connectivity index (χ0v) is 11.6. The molecule has 1 aliphatic carbocycles. The zero-order valence-electron chi connectivity index (χ0n) is 11.6. The maximum Gasteiger partial charge on any atom is 0.243 e. The summed E-state index contributed by atoms with van der Waals surface area (Å²) in [6, 6.07) is 3.35. The normalized spacial score (nSPS) is 29.5. The summed E-state index contributed by atoms with van der Waals surface area (Å²) in [6.45, 7) is 0.940. The molecule has 6 heteroatoms. The van der Waals surface area contributed by atoms with Crippen molar-refractivity contribution in [3.05, 3.63) is 35.4 Å². The third-order valence-corrected chi connectivity index (χ3v) is 4.49. The molecule has 1 aromatic rings. The number of rotatable bonds is 2. The number of nitrogens with zero attached hydrogens (tertiary/aromatic N) is 1. The van der Waals surface area contributed by atoms with E-state index in [2.05, 4.69) is 0 Å². The molecule has 1 saturated carbocycles. The van der Waals surface area contributed by atoms with Crippen molar-refractivity contribution in [1.29, 1.82) is 0 Å². The lowest BCUT2D eigenvalue weighted by Crippen LogP contribution is -2.50. The molecule has 3 N–H and O–H groups in total. The second-order valence-corrected chi connectivity index (χ2v) is 5.99. The van der Waals surface area contributed by atoms with Gasteiger partial charge in [0.2, 0.25) is 5.91 Å². The van der Waals surface area contributed by atoms with Crippen LogP contribution >= 0.6 is 0 Å². The SMILES string of the molecule is NC1(C(=O)N2CCC(O)CC2)CC1c1ccc(F)cc1F. The number of carbonyl (C=O) groups excluding carboxylic acids is 1. The molecule has 2 aliphatic rings. The van der Waals surface area contributed by atoms with Gasteiger partial charge in [0.05, 0.1) is 6.10 Å². The van der Waals surface area contributed by atoms with E-state index in [1.54, 1.807) is 4.90 Å². The third kappa shape index (κ3) is 2.53. The van der Waals surface area contributed by atoms with Crippen molar-refractivity contribution < 1.29 is 18.7 Å². The van der Waals surface area contributed by atoms with E-state index in [4.69, 9.17) is 5.73 Å². The number of amides is 1. The van der Waals surface area contributed by atoms with Crippen LogP contribution in [0, 0.1) is 11.6 Å². The summed E-state index contributed by atoms with van der Waals surface area (Å²) in [7, 11) is 0. The smallest absolute Gasteiger partial charge is 0.243 e. The quantitative estimate of drug-likeness (QED) is 0.860. The first-order chi connectivity index (χ1) is 9.91. The van der Waals surface area contributed by atoms with Crippen molar-refractivity contribution in [2.45, 2.75) is 36.8 Å². The fraction of sp³-hybridized carbons (Fsp3) is 0.533. The van der Waals surface area contributed by atoms with E-state index in [1.807, 2.05) is 0 Å². The molecule has 0 radical (unpaired) electrons. The number of aliphatic hydroxyl groups is 1. The molecule has 0 aromatic heterocycles. The molecule has 4 nitrogen and oxygen atoms in total. The summed E-state index contributed by atoms with van der Waals surface area (Å²) in [6.07, 6.45) is 1.08. The number of aliphatic hydroxyl groups excluding tert-OH is 1. The Labute approximate surface area is 121 Å². The maximum absolute atomic E-state index is 13.8. The molecule has 0 bridgehead atoms. The van der Waals surface area contributed by atoms with Crippen LogP contribution in [0.3, 0.4) is 0 Å². The van der Waals surface area contributed by atoms with Gasteiger partial charge in [0.15, 0.2) is 0 Å². The number of nitrogens with two attached hydrogens (primary N) is 1. The molecule has 21 heavy (non-hydrogen) atoms. The van der Waals surface area contributed by atoms with Gasteiger partial charge >= 0.3 is 0 Å². The van der Waals surface area contributed by atoms with Gasteiger partial charge in [0, 0.05) is 25.1 Å². The Morgan fingerprint density at radius 2 is 2.00 bits per heavy atom. The first kappa shape index (κ1) is 14.4. The standard InChI is InChI=1S/C15H18F2N2O2/c16-9-1-2-11(13(17)7-9)12-8-15(12,18)14(21)19-5-3-10(20)4-6-19/h1-2,7,10,12,20H,3-6,8,18H2. The molecular weight excluding hydrogens is 278 g/mol. The van der Waals surface area contributed by atoms with Gasteiger partial charge in [-0.15, -0.1) is 0 Å². The average molecular weight is 296 g/mol. The van der Waals surface area contributed by atoms with E-state index < -0.39 is 23.1 Å². The fourth-order valence-corrected chi connectivity index (χ4v) is 3.05. The summed E-state index contributed by atoms with van der Waals surface area (Å²) in [5, 5.41) is 9.47. The Bertz CT molecular complexity index is 573. The number of carbonyl (C=O) groups is 1. The van der Waals surface area contributed by atoms with Crippen LogP contribution in [-0.4, -0.2) is 40.6 Å². The highest BCUT2D eigenvalue weighted by molar-refractivity contribution is 5.91. The van der Waals surface area contributed by atoms with Crippen LogP contribution in [0.25, 0.3) is 0 Å². The highest BCUT2D eigenvalue weighted by Crippen LogP contribution is 2.51. The van der Waals surface area contributed by atoms with Gasteiger partial charge in [-0.25, -0.2) is 8.78 Å². The Hall–Kier alpha value is -1.53. The number of piperidine rings is 1. The van der Waals surface area contributed by atoms with Crippen molar-refractivity contribution in [2.75, 3.05) is 13.1 Å². The van der Waals surface area contributed by atoms with Crippen LogP contribution in [0.15, 0.2) is 18.2 Å². The monoisotopic (exact) mass is 296 g/mol. The summed E-state index contributed by atoms with van der Waals surface area (Å²) in [5.74, 6) is -1.91. The van der Waals surface area contributed by atoms with Crippen LogP contribution in [0.1, 0.15) is 30.7 Å². The van der Waals surface area contributed by atoms with Crippen LogP contribution in [-0.2, 0) is 4.79 Å². The van der Waals surface area contributed by atoms with E-state index in [0.717, 1.165) is 6.07 Å². The van der Waals surface area contributed by atoms with Crippen molar-refractivity contribution in [1.82, 2.24) is 4.90 Å². The van der Waals surface area contributed by atoms with Crippen molar-refractivity contribution in [2.24, 2.45) is 5.73 Å². The number of hydrogen-bond acceptors (Lipinski definition) is 3. The second kappa shape index (κ2) is 5.03. The molecule has 2 atom stereocenters. The minimum absolute atomic E-state index is 0.205. The number of benzene rings is 1. The Morgan fingerprint density at radius 1 is 1.33 bits per heavy atom. The van der Waals surface area contributed by atoms with Crippen molar-refractivity contribution >= 4 is 5.91 Å². The van der Waals surface area contributed by atoms with Gasteiger partial charge in [-0.05, 0) is 30.9 Å². The predicted octanol–water partition coefficient (Wildman–Crippen LogP) is 1.13. The van der Waals surface area contributed by atoms with Crippen molar-refractivity contribution in [3.8, 4) is 0 Å². The number of likely N-dealkylation sites (tertiary alicyclic amines) is 1. The first-order valence-corrected chi connectivity index (χ1v) is 7.13. The van der Waals surface area contributed by atoms with Crippen LogP contribution in [0.5, 0.6) is 0 Å². The number of halogens is 2. The predicted molar refractivity (Wildman–Crippen MR) is 72.5 cm³/mol. The highest BCUT2D eigenvalue weighted by Gasteiger charge is 2.59. The highest BCUT2D eigenvalue weighted by atomic mass is 19.1. The van der Waals surface area contributed by atoms with Crippen molar-refractivity contribution in [3.63, 3.8) is 0 Å². The largest absolute Gasteiger partial charge is 0.393 e. The maximum atomic E-state index is 13.8. The molecule has 2 unspecified atom stereocenters. The Kier molecular flexibility index (Phi) is 3.45. The molecule has 0 spiro atoms. The van der Waals surface area contributed by atoms with E-state index in [0.29, 0.717) is 37.9 Å². The topological polar surface area (TPSA) is 66.6 Å². The average Bonchev–Trinajstić information content (AvgIpc) is 3.12. The molecule has 2 fully saturated rings. The first-order valence-electron chi connectivity index (χ1n) is 7.13. The summed E-state index contributed by atoms with van der Waals surface area (Å²) < 4.78 is 26.7. The van der Waals surface area contributed by atoms with Gasteiger partial charge in [-0.2, -0.15) is 0 Å². The van der Waals surface area contributed by atoms with E-state index in [1.165, 1.54) is 12.1 Å². The van der Waals surface area contributed by atoms with Gasteiger partial charge in [0.25, 0.3) is 0 Å². The summed E-state index contributed by atoms with van der Waals surface area (Å²) in [4.78, 5) is 14.1. The molecular formula is C15H18F2N2O2. The van der Waals surface area contributed by atoms with E-state index in [-0.39, 0.29) is 12.0 Å². The molecule has 114 valence electrons. The lowest BCUT2D eigenvalue weighted by molar-refractivity contribution is -0.135. The molecule has 1 aromatic carbocycles. The Morgan fingerprint density at radius 3 is 2.62 bits per heavy atom. The minimum atomic E-state index is -1.10. The van der Waals surface area contributed by atoms with E-state index >= 15 is 0 Å². The van der Waals surface area contributed by atoms with Gasteiger partial charge in [0.1, 0.15) is 17.2 Å². The third-order valence-electron chi connectivity index (χ3n) is 4.49. The summed E-state index contributed by atoms with van der Waals surface area (Å²) >= 11 is 0. The molecule has 1 aliphatic heterocycles. The lowest BCUT2D eigenvalue weighted by Gasteiger charge is -2.32. The van der Waals surface area contributed by atoms with Gasteiger partial charge < -0.3 is 15.7 Å². The Balaban J connectivity index is 1.73. The van der Waals surface area contributed by atoms with Gasteiger partial charge in [-0.1, -0.05) is 6.07 Å². The van der Waals surface area contributed by atoms with Crippen LogP contribution in [0.2, 0.25) is 0 Å². The van der Waals surface area contributed by atoms with Crippen LogP contribution in [0.4, 0.5) is 8.78 Å². The summed E-state index contributed by atoms with van der Waals surface area (Å²) in [5.41, 5.74) is 5.32. The lowest BCUT2D eigenvalue weighted by atomic mass is 10.0. The molecule has 1 saturated heterocycles. The molecule has 1 amide bonds. The number of hydrogen-bond donors (Lipinski definition) is 2. The molecule has 3 rings (SSSR count). The van der Waals surface area contributed by atoms with Crippen LogP contribution < -0.4 is 5.73 Å². The molecule has 1 heterocycles. The zero-order chi connectivity index (χ0) is 15.2. The van der Waals surface area contributed by atoms with Gasteiger partial charge in [-0.3, -0.25) is 4.79 Å². The fourth-order valence-electron chi connectivity index (χ4n) is 3.05. The minimum Gasteiger partial charge on any atom is -0.393 e.